The molecule has 4 rings (SSSR count). The Hall–Kier alpha value is -3.41. The summed E-state index contributed by atoms with van der Waals surface area (Å²) in [7, 11) is -0.445. The van der Waals surface area contributed by atoms with E-state index in [2.05, 4.69) is 20.6 Å². The zero-order valence-electron chi connectivity index (χ0n) is 19.2. The van der Waals surface area contributed by atoms with Crippen LogP contribution in [0, 0.1) is 6.92 Å². The van der Waals surface area contributed by atoms with E-state index < -0.39 is 10.0 Å². The van der Waals surface area contributed by atoms with Crippen LogP contribution in [-0.4, -0.2) is 63.2 Å². The van der Waals surface area contributed by atoms with Gasteiger partial charge in [0.2, 0.25) is 16.0 Å². The minimum absolute atomic E-state index is 0.216. The zero-order chi connectivity index (χ0) is 24.1. The van der Waals surface area contributed by atoms with E-state index in [0.29, 0.717) is 60.9 Å². The molecule has 2 heterocycles. The molecular weight excluding hydrogens is 458 g/mol. The van der Waals surface area contributed by atoms with E-state index in [1.807, 2.05) is 6.92 Å². The molecule has 0 atom stereocenters. The average molecular weight is 486 g/mol. The normalized spacial score (nSPS) is 14.4. The smallest absolute Gasteiger partial charge is 0.243 e. The van der Waals surface area contributed by atoms with Crippen molar-refractivity contribution in [2.75, 3.05) is 51.2 Å². The number of ether oxygens (including phenoxy) is 3. The quantitative estimate of drug-likeness (QED) is 0.496. The number of hydrogen-bond acceptors (Lipinski definition) is 9. The highest BCUT2D eigenvalue weighted by atomic mass is 32.2. The van der Waals surface area contributed by atoms with Crippen LogP contribution in [0.25, 0.3) is 0 Å². The van der Waals surface area contributed by atoms with Crippen molar-refractivity contribution in [2.45, 2.75) is 11.8 Å². The first-order valence-corrected chi connectivity index (χ1v) is 12.1. The standard InChI is InChI=1S/C23H27N5O5S/c1-16-15-24-23(26-18-11-19(31-2)14-20(12-18)32-3)27-22(16)25-17-5-4-6-21(13-17)34(29,30)28-7-9-33-10-8-28/h4-6,11-15H,7-10H2,1-3H3,(H2,24,25,26,27). The third kappa shape index (κ3) is 5.38. The van der Waals surface area contributed by atoms with Crippen molar-refractivity contribution in [3.8, 4) is 11.5 Å². The summed E-state index contributed by atoms with van der Waals surface area (Å²) in [5, 5.41) is 6.36. The second-order valence-corrected chi connectivity index (χ2v) is 9.56. The first-order chi connectivity index (χ1) is 16.4. The highest BCUT2D eigenvalue weighted by molar-refractivity contribution is 7.89. The fourth-order valence-electron chi connectivity index (χ4n) is 3.44. The van der Waals surface area contributed by atoms with Gasteiger partial charge in [0.1, 0.15) is 17.3 Å². The van der Waals surface area contributed by atoms with Gasteiger partial charge in [0, 0.05) is 54.4 Å². The number of sulfonamides is 1. The van der Waals surface area contributed by atoms with Gasteiger partial charge in [0.25, 0.3) is 0 Å². The molecule has 2 N–H and O–H groups in total. The van der Waals surface area contributed by atoms with E-state index in [0.717, 1.165) is 5.56 Å². The van der Waals surface area contributed by atoms with E-state index in [9.17, 15) is 8.42 Å². The van der Waals surface area contributed by atoms with Crippen LogP contribution in [0.2, 0.25) is 0 Å². The fourth-order valence-corrected chi connectivity index (χ4v) is 4.90. The van der Waals surface area contributed by atoms with Crippen LogP contribution in [-0.2, 0) is 14.8 Å². The number of nitrogens with zero attached hydrogens (tertiary/aromatic N) is 3. The maximum absolute atomic E-state index is 13.0. The molecule has 1 aliphatic heterocycles. The lowest BCUT2D eigenvalue weighted by Crippen LogP contribution is -2.40. The third-order valence-electron chi connectivity index (χ3n) is 5.28. The van der Waals surface area contributed by atoms with Crippen LogP contribution in [0.4, 0.5) is 23.1 Å². The van der Waals surface area contributed by atoms with Crippen molar-refractivity contribution >= 4 is 33.2 Å². The van der Waals surface area contributed by atoms with E-state index in [-0.39, 0.29) is 4.90 Å². The van der Waals surface area contributed by atoms with Crippen molar-refractivity contribution < 1.29 is 22.6 Å². The SMILES string of the molecule is COc1cc(Nc2ncc(C)c(Nc3cccc(S(=O)(=O)N4CCOCC4)c3)n2)cc(OC)c1. The maximum atomic E-state index is 13.0. The number of rotatable bonds is 8. The molecule has 0 amide bonds. The van der Waals surface area contributed by atoms with Crippen molar-refractivity contribution in [2.24, 2.45) is 0 Å². The Labute approximate surface area is 198 Å². The predicted molar refractivity (Wildman–Crippen MR) is 129 cm³/mol. The van der Waals surface area contributed by atoms with Crippen LogP contribution in [0.3, 0.4) is 0 Å². The minimum atomic E-state index is -3.60. The molecule has 2 aromatic carbocycles. The number of aromatic nitrogens is 2. The Morgan fingerprint density at radius 1 is 0.971 bits per heavy atom. The molecule has 10 nitrogen and oxygen atoms in total. The summed E-state index contributed by atoms with van der Waals surface area (Å²) in [6.45, 7) is 3.34. The second-order valence-electron chi connectivity index (χ2n) is 7.62. The molecule has 1 fully saturated rings. The number of morpholine rings is 1. The molecule has 11 heteroatoms. The number of methoxy groups -OCH3 is 2. The lowest BCUT2D eigenvalue weighted by atomic mass is 10.2. The molecule has 0 saturated carbocycles. The van der Waals surface area contributed by atoms with Gasteiger partial charge in [-0.2, -0.15) is 9.29 Å². The maximum Gasteiger partial charge on any atom is 0.243 e. The highest BCUT2D eigenvalue weighted by Gasteiger charge is 2.26. The van der Waals surface area contributed by atoms with Crippen LogP contribution in [0.5, 0.6) is 11.5 Å². The topological polar surface area (TPSA) is 115 Å². The van der Waals surface area contributed by atoms with Gasteiger partial charge in [-0.15, -0.1) is 0 Å². The molecule has 1 aromatic heterocycles. The lowest BCUT2D eigenvalue weighted by molar-refractivity contribution is 0.0730. The van der Waals surface area contributed by atoms with E-state index in [1.165, 1.54) is 4.31 Å². The minimum Gasteiger partial charge on any atom is -0.497 e. The second kappa shape index (κ2) is 10.2. The van der Waals surface area contributed by atoms with E-state index >= 15 is 0 Å². The Morgan fingerprint density at radius 2 is 1.68 bits per heavy atom. The molecule has 3 aromatic rings. The summed E-state index contributed by atoms with van der Waals surface area (Å²) in [4.78, 5) is 9.13. The van der Waals surface area contributed by atoms with E-state index in [1.54, 1.807) is 62.9 Å². The van der Waals surface area contributed by atoms with Gasteiger partial charge >= 0.3 is 0 Å². The molecule has 34 heavy (non-hydrogen) atoms. The largest absolute Gasteiger partial charge is 0.497 e. The monoisotopic (exact) mass is 485 g/mol. The summed E-state index contributed by atoms with van der Waals surface area (Å²) in [6.07, 6.45) is 1.68. The molecule has 0 aliphatic carbocycles. The third-order valence-corrected chi connectivity index (χ3v) is 7.18. The van der Waals surface area contributed by atoms with Gasteiger partial charge in [0.15, 0.2) is 0 Å². The van der Waals surface area contributed by atoms with Gasteiger partial charge in [-0.05, 0) is 25.1 Å². The van der Waals surface area contributed by atoms with Gasteiger partial charge in [-0.25, -0.2) is 13.4 Å². The van der Waals surface area contributed by atoms with Gasteiger partial charge in [-0.1, -0.05) is 6.07 Å². The first kappa shape index (κ1) is 23.7. The van der Waals surface area contributed by atoms with Crippen molar-refractivity contribution in [3.63, 3.8) is 0 Å². The number of hydrogen-bond donors (Lipinski definition) is 2. The Kier molecular flexibility index (Phi) is 7.15. The Morgan fingerprint density at radius 3 is 2.35 bits per heavy atom. The summed E-state index contributed by atoms with van der Waals surface area (Å²) in [5.74, 6) is 2.17. The number of anilines is 4. The van der Waals surface area contributed by atoms with Crippen LogP contribution in [0.1, 0.15) is 5.56 Å². The molecule has 0 unspecified atom stereocenters. The summed E-state index contributed by atoms with van der Waals surface area (Å²) >= 11 is 0. The predicted octanol–water partition coefficient (Wildman–Crippen LogP) is 3.31. The Bertz CT molecular complexity index is 1240. The van der Waals surface area contributed by atoms with Gasteiger partial charge in [-0.3, -0.25) is 0 Å². The van der Waals surface area contributed by atoms with Gasteiger partial charge in [0.05, 0.1) is 32.3 Å². The van der Waals surface area contributed by atoms with Crippen LogP contribution in [0.15, 0.2) is 53.6 Å². The van der Waals surface area contributed by atoms with Crippen molar-refractivity contribution in [1.82, 2.24) is 14.3 Å². The molecule has 0 bridgehead atoms. The Balaban J connectivity index is 1.56. The number of aryl methyl sites for hydroxylation is 1. The first-order valence-electron chi connectivity index (χ1n) is 10.7. The highest BCUT2D eigenvalue weighted by Crippen LogP contribution is 2.28. The molecule has 0 spiro atoms. The summed E-state index contributed by atoms with van der Waals surface area (Å²) in [5.41, 5.74) is 2.10. The van der Waals surface area contributed by atoms with E-state index in [4.69, 9.17) is 14.2 Å². The van der Waals surface area contributed by atoms with Crippen LogP contribution < -0.4 is 20.1 Å². The van der Waals surface area contributed by atoms with Crippen molar-refractivity contribution in [1.29, 1.82) is 0 Å². The van der Waals surface area contributed by atoms with Crippen molar-refractivity contribution in [3.05, 3.63) is 54.2 Å². The molecule has 0 radical (unpaired) electrons. The number of benzene rings is 2. The van der Waals surface area contributed by atoms with Gasteiger partial charge < -0.3 is 24.8 Å². The average Bonchev–Trinajstić information content (AvgIpc) is 2.86. The molecule has 1 aliphatic rings. The number of nitrogens with one attached hydrogen (secondary N) is 2. The zero-order valence-corrected chi connectivity index (χ0v) is 20.1. The summed E-state index contributed by atoms with van der Waals surface area (Å²) < 4.78 is 43.3. The molecule has 1 saturated heterocycles. The fraction of sp³-hybridized carbons (Fsp3) is 0.304. The van der Waals surface area contributed by atoms with Crippen LogP contribution >= 0.6 is 0 Å². The molecule has 180 valence electrons. The summed E-state index contributed by atoms with van der Waals surface area (Å²) in [6, 6.07) is 12.1. The molecular formula is C23H27N5O5S. The lowest BCUT2D eigenvalue weighted by Gasteiger charge is -2.26.